The van der Waals surface area contributed by atoms with Gasteiger partial charge in [-0.15, -0.1) is 0 Å². The van der Waals surface area contributed by atoms with Crippen LogP contribution >= 0.6 is 11.6 Å². The summed E-state index contributed by atoms with van der Waals surface area (Å²) in [5, 5.41) is 3.36. The molecule has 45 heavy (non-hydrogen) atoms. The molecule has 11 heteroatoms. The third-order valence-corrected chi connectivity index (χ3v) is 8.41. The van der Waals surface area contributed by atoms with Gasteiger partial charge in [0.1, 0.15) is 12.2 Å². The van der Waals surface area contributed by atoms with Gasteiger partial charge in [0, 0.05) is 55.4 Å². The third-order valence-electron chi connectivity index (χ3n) is 8.16. The maximum Gasteiger partial charge on any atom is 0.263 e. The van der Waals surface area contributed by atoms with E-state index in [1.807, 2.05) is 11.0 Å². The van der Waals surface area contributed by atoms with Crippen LogP contribution in [-0.2, 0) is 25.4 Å². The van der Waals surface area contributed by atoms with Gasteiger partial charge in [-0.1, -0.05) is 30.7 Å². The largest absolute Gasteiger partial charge is 0.379 e. The molecule has 1 unspecified atom stereocenters. The van der Waals surface area contributed by atoms with Gasteiger partial charge in [0.15, 0.2) is 0 Å². The molecular formula is C34H41ClN4O6. The van der Waals surface area contributed by atoms with Gasteiger partial charge in [-0.3, -0.25) is 14.4 Å². The van der Waals surface area contributed by atoms with E-state index >= 15 is 0 Å². The van der Waals surface area contributed by atoms with E-state index in [1.54, 1.807) is 47.2 Å². The highest BCUT2D eigenvalue weighted by molar-refractivity contribution is 6.30. The normalized spacial score (nSPS) is 16.1. The Hall–Kier alpha value is -3.70. The monoisotopic (exact) mass is 636 g/mol. The minimum absolute atomic E-state index is 0.0151. The van der Waals surface area contributed by atoms with Gasteiger partial charge in [-0.25, -0.2) is 0 Å². The fourth-order valence-corrected chi connectivity index (χ4v) is 6.02. The molecule has 10 nitrogen and oxygen atoms in total. The Morgan fingerprint density at radius 3 is 2.33 bits per heavy atom. The van der Waals surface area contributed by atoms with Gasteiger partial charge in [0.05, 0.1) is 32.5 Å². The standard InChI is InChI=1S/C34H41ClN4O6/c1-2-19-43-20-21-44-22-23-45-24-32(40)38-17-15-37(16-18-38)30-7-3-5-27-28(30)12-13-31(27)39-14-4-6-29(34(39)42)33(41)36-26-10-8-25(35)9-11-26/h3-11,14,31H,2,12-13,15-24H2,1H3,(H,36,41). The predicted molar refractivity (Wildman–Crippen MR) is 175 cm³/mol. The smallest absolute Gasteiger partial charge is 0.263 e. The number of anilines is 2. The quantitative estimate of drug-likeness (QED) is 0.262. The molecule has 1 aliphatic heterocycles. The number of piperazine rings is 1. The molecule has 2 aromatic carbocycles. The molecule has 1 fully saturated rings. The summed E-state index contributed by atoms with van der Waals surface area (Å²) in [4.78, 5) is 43.4. The minimum Gasteiger partial charge on any atom is -0.379 e. The summed E-state index contributed by atoms with van der Waals surface area (Å²) in [5.74, 6) is -0.471. The Bertz CT molecular complexity index is 1500. The van der Waals surface area contributed by atoms with Crippen LogP contribution < -0.4 is 15.8 Å². The molecule has 0 radical (unpaired) electrons. The molecule has 0 bridgehead atoms. The maximum atomic E-state index is 13.5. The van der Waals surface area contributed by atoms with Crippen LogP contribution in [0.25, 0.3) is 0 Å². The van der Waals surface area contributed by atoms with Crippen LogP contribution in [0.4, 0.5) is 11.4 Å². The lowest BCUT2D eigenvalue weighted by Gasteiger charge is -2.37. The predicted octanol–water partition coefficient (Wildman–Crippen LogP) is 4.40. The zero-order valence-corrected chi connectivity index (χ0v) is 26.5. The number of fused-ring (bicyclic) bond motifs is 1. The Balaban J connectivity index is 1.15. The van der Waals surface area contributed by atoms with Crippen molar-refractivity contribution in [1.29, 1.82) is 0 Å². The van der Waals surface area contributed by atoms with E-state index in [4.69, 9.17) is 25.8 Å². The lowest BCUT2D eigenvalue weighted by atomic mass is 10.0. The molecular weight excluding hydrogens is 596 g/mol. The molecule has 1 N–H and O–H groups in total. The van der Waals surface area contributed by atoms with E-state index in [0.29, 0.717) is 63.3 Å². The Morgan fingerprint density at radius 2 is 1.60 bits per heavy atom. The molecule has 2 heterocycles. The Morgan fingerprint density at radius 1 is 0.889 bits per heavy atom. The summed E-state index contributed by atoms with van der Waals surface area (Å²) >= 11 is 5.95. The first-order chi connectivity index (χ1) is 22.0. The second-order valence-corrected chi connectivity index (χ2v) is 11.6. The number of amides is 2. The lowest BCUT2D eigenvalue weighted by Crippen LogP contribution is -2.50. The first-order valence-corrected chi connectivity index (χ1v) is 16.0. The van der Waals surface area contributed by atoms with Gasteiger partial charge in [0.2, 0.25) is 5.91 Å². The molecule has 1 atom stereocenters. The van der Waals surface area contributed by atoms with Crippen molar-refractivity contribution in [2.75, 3.05) is 76.0 Å². The van der Waals surface area contributed by atoms with Crippen molar-refractivity contribution in [3.63, 3.8) is 0 Å². The Labute approximate surface area is 268 Å². The number of benzene rings is 2. The average molecular weight is 637 g/mol. The summed E-state index contributed by atoms with van der Waals surface area (Å²) in [6, 6.07) is 16.1. The van der Waals surface area contributed by atoms with E-state index in [9.17, 15) is 14.4 Å². The van der Waals surface area contributed by atoms with Gasteiger partial charge in [-0.05, 0) is 72.9 Å². The van der Waals surface area contributed by atoms with Crippen LogP contribution in [0.2, 0.25) is 5.02 Å². The fourth-order valence-electron chi connectivity index (χ4n) is 5.89. The summed E-state index contributed by atoms with van der Waals surface area (Å²) in [5.41, 5.74) is 3.78. The van der Waals surface area contributed by atoms with Crippen LogP contribution in [0.1, 0.15) is 47.3 Å². The molecule has 1 aromatic heterocycles. The molecule has 1 aliphatic carbocycles. The van der Waals surface area contributed by atoms with Crippen LogP contribution in [0.3, 0.4) is 0 Å². The lowest BCUT2D eigenvalue weighted by molar-refractivity contribution is -0.137. The van der Waals surface area contributed by atoms with Gasteiger partial charge < -0.3 is 33.9 Å². The van der Waals surface area contributed by atoms with Crippen molar-refractivity contribution in [3.8, 4) is 0 Å². The number of pyridine rings is 1. The van der Waals surface area contributed by atoms with Crippen molar-refractivity contribution in [3.05, 3.63) is 92.9 Å². The number of hydrogen-bond acceptors (Lipinski definition) is 7. The van der Waals surface area contributed by atoms with Crippen molar-refractivity contribution in [2.45, 2.75) is 32.2 Å². The zero-order valence-electron chi connectivity index (χ0n) is 25.7. The second-order valence-electron chi connectivity index (χ2n) is 11.1. The van der Waals surface area contributed by atoms with E-state index in [1.165, 1.54) is 5.56 Å². The summed E-state index contributed by atoms with van der Waals surface area (Å²) in [6.45, 7) is 7.41. The van der Waals surface area contributed by atoms with E-state index in [2.05, 4.69) is 29.3 Å². The van der Waals surface area contributed by atoms with Crippen molar-refractivity contribution in [2.24, 2.45) is 0 Å². The van der Waals surface area contributed by atoms with E-state index in [0.717, 1.165) is 37.1 Å². The summed E-state index contributed by atoms with van der Waals surface area (Å²) in [6.07, 6.45) is 4.33. The third kappa shape index (κ3) is 8.32. The van der Waals surface area contributed by atoms with Crippen molar-refractivity contribution >= 4 is 34.8 Å². The van der Waals surface area contributed by atoms with E-state index < -0.39 is 5.91 Å². The summed E-state index contributed by atoms with van der Waals surface area (Å²) in [7, 11) is 0. The van der Waals surface area contributed by atoms with Gasteiger partial charge >= 0.3 is 0 Å². The second kappa shape index (κ2) is 16.0. The van der Waals surface area contributed by atoms with Gasteiger partial charge in [0.25, 0.3) is 11.5 Å². The molecule has 0 spiro atoms. The molecule has 2 aliphatic rings. The zero-order chi connectivity index (χ0) is 31.6. The highest BCUT2D eigenvalue weighted by Gasteiger charge is 2.30. The molecule has 2 amide bonds. The summed E-state index contributed by atoms with van der Waals surface area (Å²) < 4.78 is 18.1. The number of carbonyl (C=O) groups is 2. The van der Waals surface area contributed by atoms with E-state index in [-0.39, 0.29) is 29.7 Å². The molecule has 1 saturated heterocycles. The molecule has 240 valence electrons. The number of aromatic nitrogens is 1. The highest BCUT2D eigenvalue weighted by atomic mass is 35.5. The number of ether oxygens (including phenoxy) is 3. The van der Waals surface area contributed by atoms with Crippen LogP contribution in [0, 0.1) is 0 Å². The molecule has 0 saturated carbocycles. The fraction of sp³-hybridized carbons (Fsp3) is 0.441. The van der Waals surface area contributed by atoms with Gasteiger partial charge in [-0.2, -0.15) is 0 Å². The highest BCUT2D eigenvalue weighted by Crippen LogP contribution is 2.39. The van der Waals surface area contributed by atoms with Crippen LogP contribution in [0.5, 0.6) is 0 Å². The molecule has 3 aromatic rings. The minimum atomic E-state index is -0.456. The van der Waals surface area contributed by atoms with Crippen LogP contribution in [-0.4, -0.2) is 87.1 Å². The SMILES string of the molecule is CCCOCCOCCOCC(=O)N1CCN(c2cccc3c2CCC3n2cccc(C(=O)Nc3ccc(Cl)cc3)c2=O)CC1. The number of nitrogens with zero attached hydrogens (tertiary/aromatic N) is 3. The molecule has 5 rings (SSSR count). The first-order valence-electron chi connectivity index (χ1n) is 15.6. The number of halogens is 1. The number of nitrogens with one attached hydrogen (secondary N) is 1. The number of hydrogen-bond donors (Lipinski definition) is 1. The van der Waals surface area contributed by atoms with Crippen molar-refractivity contribution in [1.82, 2.24) is 9.47 Å². The topological polar surface area (TPSA) is 102 Å². The first kappa shape index (κ1) is 32.7. The average Bonchev–Trinajstić information content (AvgIpc) is 3.49. The maximum absolute atomic E-state index is 13.5. The van der Waals surface area contributed by atoms with Crippen molar-refractivity contribution < 1.29 is 23.8 Å². The van der Waals surface area contributed by atoms with Crippen LogP contribution in [0.15, 0.2) is 65.6 Å². The Kier molecular flexibility index (Phi) is 11.6. The number of carbonyl (C=O) groups excluding carboxylic acids is 2. The number of rotatable bonds is 14.